The lowest BCUT2D eigenvalue weighted by molar-refractivity contribution is -0.119. The monoisotopic (exact) mass is 405 g/mol. The topological polar surface area (TPSA) is 71.8 Å². The third kappa shape index (κ3) is 4.81. The zero-order valence-electron chi connectivity index (χ0n) is 14.5. The molecule has 0 aliphatic carbocycles. The predicted molar refractivity (Wildman–Crippen MR) is 102 cm³/mol. The van der Waals surface area contributed by atoms with E-state index in [-0.39, 0.29) is 12.5 Å². The molecule has 7 heteroatoms. The number of fused-ring (bicyclic) bond motifs is 1. The quantitative estimate of drug-likeness (QED) is 0.774. The number of hydrogen-bond acceptors (Lipinski definition) is 4. The van der Waals surface area contributed by atoms with E-state index in [4.69, 9.17) is 0 Å². The van der Waals surface area contributed by atoms with Crippen molar-refractivity contribution in [1.82, 2.24) is 20.1 Å². The Morgan fingerprint density at radius 3 is 3.00 bits per heavy atom. The van der Waals surface area contributed by atoms with E-state index in [9.17, 15) is 4.79 Å². The van der Waals surface area contributed by atoms with Crippen molar-refractivity contribution in [2.45, 2.75) is 45.6 Å². The molecule has 0 radical (unpaired) electrons. The molecule has 1 aromatic heterocycles. The van der Waals surface area contributed by atoms with Crippen LogP contribution in [0.15, 0.2) is 22.7 Å². The lowest BCUT2D eigenvalue weighted by atomic mass is 10.2. The maximum atomic E-state index is 12.0. The Morgan fingerprint density at radius 2 is 2.16 bits per heavy atom. The molecule has 134 valence electrons. The van der Waals surface area contributed by atoms with E-state index in [2.05, 4.69) is 41.3 Å². The minimum Gasteiger partial charge on any atom is -0.376 e. The molecule has 0 spiro atoms. The average Bonchev–Trinajstić information content (AvgIpc) is 2.81. The highest BCUT2D eigenvalue weighted by atomic mass is 79.9. The Balaban J connectivity index is 1.44. The van der Waals surface area contributed by atoms with Crippen LogP contribution in [0.5, 0.6) is 0 Å². The lowest BCUT2D eigenvalue weighted by Gasteiger charge is -2.11. The zero-order chi connectivity index (χ0) is 17.6. The second-order valence-corrected chi connectivity index (χ2v) is 7.32. The first kappa shape index (κ1) is 17.9. The molecule has 0 saturated carbocycles. The molecule has 3 rings (SSSR count). The highest BCUT2D eigenvalue weighted by Gasteiger charge is 2.14. The molecule has 6 nitrogen and oxygen atoms in total. The normalized spacial score (nSPS) is 13.8. The van der Waals surface area contributed by atoms with Crippen LogP contribution in [-0.2, 0) is 24.2 Å². The van der Waals surface area contributed by atoms with E-state index >= 15 is 0 Å². The van der Waals surface area contributed by atoms with Crippen molar-refractivity contribution in [3.8, 4) is 0 Å². The van der Waals surface area contributed by atoms with E-state index in [1.54, 1.807) is 0 Å². The number of nitrogens with one attached hydrogen (secondary N) is 2. The predicted octanol–water partition coefficient (Wildman–Crippen LogP) is 2.85. The molecule has 2 N–H and O–H groups in total. The van der Waals surface area contributed by atoms with Crippen molar-refractivity contribution in [3.05, 3.63) is 39.9 Å². The standard InChI is InChI=1S/C18H24BrN5O/c1-13-11-14(19)6-7-15(13)21-12-18(25)20-9-8-17-23-22-16-5-3-2-4-10-24(16)17/h6-7,11,21H,2-5,8-10,12H2,1H3,(H,20,25). The fourth-order valence-corrected chi connectivity index (χ4v) is 3.58. The van der Waals surface area contributed by atoms with Crippen molar-refractivity contribution in [2.75, 3.05) is 18.4 Å². The highest BCUT2D eigenvalue weighted by molar-refractivity contribution is 9.10. The Labute approximate surface area is 156 Å². The van der Waals surface area contributed by atoms with E-state index in [0.29, 0.717) is 6.54 Å². The summed E-state index contributed by atoms with van der Waals surface area (Å²) in [6, 6.07) is 5.96. The van der Waals surface area contributed by atoms with Gasteiger partial charge in [0.15, 0.2) is 0 Å². The molecule has 1 aliphatic heterocycles. The maximum absolute atomic E-state index is 12.0. The van der Waals surface area contributed by atoms with Crippen LogP contribution in [0.1, 0.15) is 36.5 Å². The number of rotatable bonds is 6. The summed E-state index contributed by atoms with van der Waals surface area (Å²) >= 11 is 3.44. The summed E-state index contributed by atoms with van der Waals surface area (Å²) in [6.07, 6.45) is 5.35. The largest absolute Gasteiger partial charge is 0.376 e. The molecule has 0 fully saturated rings. The van der Waals surface area contributed by atoms with Crippen LogP contribution in [0, 0.1) is 6.92 Å². The van der Waals surface area contributed by atoms with E-state index < -0.39 is 0 Å². The Kier molecular flexibility index (Phi) is 6.07. The van der Waals surface area contributed by atoms with Crippen LogP contribution < -0.4 is 10.6 Å². The van der Waals surface area contributed by atoms with Crippen LogP contribution in [0.3, 0.4) is 0 Å². The number of halogens is 1. The lowest BCUT2D eigenvalue weighted by Crippen LogP contribution is -2.32. The number of carbonyl (C=O) groups excluding carboxylic acids is 1. The first-order valence-electron chi connectivity index (χ1n) is 8.81. The van der Waals surface area contributed by atoms with Crippen LogP contribution in [0.25, 0.3) is 0 Å². The van der Waals surface area contributed by atoms with Crippen molar-refractivity contribution in [3.63, 3.8) is 0 Å². The number of anilines is 1. The minimum absolute atomic E-state index is 0.0158. The van der Waals surface area contributed by atoms with Crippen molar-refractivity contribution in [2.24, 2.45) is 0 Å². The van der Waals surface area contributed by atoms with E-state index in [1.807, 2.05) is 25.1 Å². The van der Waals surface area contributed by atoms with Gasteiger partial charge in [-0.3, -0.25) is 4.79 Å². The molecule has 2 aromatic rings. The van der Waals surface area contributed by atoms with Crippen LogP contribution in [-0.4, -0.2) is 33.8 Å². The van der Waals surface area contributed by atoms with Gasteiger partial charge in [-0.2, -0.15) is 0 Å². The molecular formula is C18H24BrN5O. The first-order chi connectivity index (χ1) is 12.1. The summed E-state index contributed by atoms with van der Waals surface area (Å²) in [5.74, 6) is 2.05. The van der Waals surface area contributed by atoms with Gasteiger partial charge in [0.05, 0.1) is 6.54 Å². The molecule has 0 atom stereocenters. The first-order valence-corrected chi connectivity index (χ1v) is 9.60. The molecular weight excluding hydrogens is 382 g/mol. The van der Waals surface area contributed by atoms with Gasteiger partial charge in [-0.25, -0.2) is 0 Å². The Morgan fingerprint density at radius 1 is 1.28 bits per heavy atom. The number of aryl methyl sites for hydroxylation is 2. The summed E-state index contributed by atoms with van der Waals surface area (Å²) in [4.78, 5) is 12.0. The van der Waals surface area contributed by atoms with Gasteiger partial charge in [0.2, 0.25) is 5.91 Å². The third-order valence-corrected chi connectivity index (χ3v) is 4.98. The highest BCUT2D eigenvalue weighted by Crippen LogP contribution is 2.19. The Bertz CT molecular complexity index is 743. The molecule has 1 aliphatic rings. The van der Waals surface area contributed by atoms with Crippen LogP contribution in [0.4, 0.5) is 5.69 Å². The van der Waals surface area contributed by atoms with E-state index in [1.165, 1.54) is 19.3 Å². The number of benzene rings is 1. The molecule has 0 saturated heterocycles. The molecule has 25 heavy (non-hydrogen) atoms. The summed E-state index contributed by atoms with van der Waals surface area (Å²) in [7, 11) is 0. The molecule has 2 heterocycles. The number of hydrogen-bond donors (Lipinski definition) is 2. The SMILES string of the molecule is Cc1cc(Br)ccc1NCC(=O)NCCc1nnc2n1CCCCC2. The molecule has 0 unspecified atom stereocenters. The van der Waals surface area contributed by atoms with Crippen molar-refractivity contribution >= 4 is 27.5 Å². The van der Waals surface area contributed by atoms with Gasteiger partial charge in [-0.05, 0) is 43.5 Å². The van der Waals surface area contributed by atoms with Gasteiger partial charge < -0.3 is 15.2 Å². The van der Waals surface area contributed by atoms with Gasteiger partial charge in [-0.1, -0.05) is 22.4 Å². The average molecular weight is 406 g/mol. The number of carbonyl (C=O) groups is 1. The maximum Gasteiger partial charge on any atom is 0.239 e. The molecule has 1 aromatic carbocycles. The van der Waals surface area contributed by atoms with Gasteiger partial charge in [0.25, 0.3) is 0 Å². The van der Waals surface area contributed by atoms with Crippen molar-refractivity contribution < 1.29 is 4.79 Å². The van der Waals surface area contributed by atoms with Gasteiger partial charge in [-0.15, -0.1) is 10.2 Å². The second-order valence-electron chi connectivity index (χ2n) is 6.41. The number of aromatic nitrogens is 3. The fourth-order valence-electron chi connectivity index (χ4n) is 3.11. The van der Waals surface area contributed by atoms with Gasteiger partial charge in [0.1, 0.15) is 11.6 Å². The number of amides is 1. The van der Waals surface area contributed by atoms with Crippen LogP contribution in [0.2, 0.25) is 0 Å². The van der Waals surface area contributed by atoms with Crippen LogP contribution >= 0.6 is 15.9 Å². The van der Waals surface area contributed by atoms with Crippen molar-refractivity contribution in [1.29, 1.82) is 0 Å². The molecule has 0 bridgehead atoms. The Hall–Kier alpha value is -1.89. The summed E-state index contributed by atoms with van der Waals surface area (Å²) in [5, 5.41) is 14.7. The summed E-state index contributed by atoms with van der Waals surface area (Å²) in [5.41, 5.74) is 2.08. The number of nitrogens with zero attached hydrogens (tertiary/aromatic N) is 3. The van der Waals surface area contributed by atoms with E-state index in [0.717, 1.165) is 46.8 Å². The van der Waals surface area contributed by atoms with Gasteiger partial charge in [0, 0.05) is 36.1 Å². The fraction of sp³-hybridized carbons (Fsp3) is 0.500. The summed E-state index contributed by atoms with van der Waals surface area (Å²) < 4.78 is 3.26. The summed E-state index contributed by atoms with van der Waals surface area (Å²) in [6.45, 7) is 3.86. The third-order valence-electron chi connectivity index (χ3n) is 4.48. The minimum atomic E-state index is -0.0158. The smallest absolute Gasteiger partial charge is 0.239 e. The molecule has 1 amide bonds. The zero-order valence-corrected chi connectivity index (χ0v) is 16.1. The second kappa shape index (κ2) is 8.47. The van der Waals surface area contributed by atoms with Gasteiger partial charge >= 0.3 is 0 Å².